The molecular formula is C12H18O6S2. The van der Waals surface area contributed by atoms with Crippen LogP contribution in [0.2, 0.25) is 0 Å². The zero-order valence-corrected chi connectivity index (χ0v) is 12.9. The van der Waals surface area contributed by atoms with Gasteiger partial charge < -0.3 is 10.2 Å². The summed E-state index contributed by atoms with van der Waals surface area (Å²) in [6, 6.07) is 6.07. The Morgan fingerprint density at radius 2 is 1.25 bits per heavy atom. The fourth-order valence-electron chi connectivity index (χ4n) is 1.52. The lowest BCUT2D eigenvalue weighted by atomic mass is 10.2. The van der Waals surface area contributed by atoms with Gasteiger partial charge in [0.15, 0.2) is 30.5 Å². The SMILES string of the molecule is CC(O)S(=O)(=O)Cc1cccc(CS(=O)(=O)C(C)O)c1. The first-order valence-corrected chi connectivity index (χ1v) is 9.35. The van der Waals surface area contributed by atoms with Crippen LogP contribution in [0.5, 0.6) is 0 Å². The van der Waals surface area contributed by atoms with Crippen molar-refractivity contribution in [1.82, 2.24) is 0 Å². The summed E-state index contributed by atoms with van der Waals surface area (Å²) in [5.74, 6) is -0.736. The number of aliphatic hydroxyl groups is 2. The molecule has 0 amide bonds. The number of sulfone groups is 2. The van der Waals surface area contributed by atoms with E-state index in [2.05, 4.69) is 0 Å². The normalized spacial score (nSPS) is 15.8. The van der Waals surface area contributed by atoms with Crippen LogP contribution in [0.25, 0.3) is 0 Å². The van der Waals surface area contributed by atoms with Crippen molar-refractivity contribution in [2.24, 2.45) is 0 Å². The van der Waals surface area contributed by atoms with Crippen LogP contribution in [0, 0.1) is 0 Å². The molecule has 114 valence electrons. The van der Waals surface area contributed by atoms with Crippen molar-refractivity contribution in [3.8, 4) is 0 Å². The van der Waals surface area contributed by atoms with E-state index >= 15 is 0 Å². The minimum absolute atomic E-state index is 0.368. The summed E-state index contributed by atoms with van der Waals surface area (Å²) in [6.07, 6.45) is 0. The molecule has 2 unspecified atom stereocenters. The van der Waals surface area contributed by atoms with Crippen molar-refractivity contribution >= 4 is 19.7 Å². The van der Waals surface area contributed by atoms with Crippen molar-refractivity contribution in [2.45, 2.75) is 36.2 Å². The molecule has 0 radical (unpaired) electrons. The van der Waals surface area contributed by atoms with Crippen LogP contribution < -0.4 is 0 Å². The molecule has 20 heavy (non-hydrogen) atoms. The first-order chi connectivity index (χ1) is 9.04. The fraction of sp³-hybridized carbons (Fsp3) is 0.500. The van der Waals surface area contributed by atoms with Crippen LogP contribution in [-0.2, 0) is 31.2 Å². The van der Waals surface area contributed by atoms with Crippen molar-refractivity contribution < 1.29 is 27.0 Å². The van der Waals surface area contributed by atoms with Gasteiger partial charge in [-0.15, -0.1) is 0 Å². The molecule has 2 atom stereocenters. The van der Waals surface area contributed by atoms with E-state index in [-0.39, 0.29) is 11.5 Å². The molecule has 0 aliphatic carbocycles. The van der Waals surface area contributed by atoms with E-state index in [4.69, 9.17) is 10.2 Å². The molecule has 0 heterocycles. The van der Waals surface area contributed by atoms with Crippen LogP contribution in [0.3, 0.4) is 0 Å². The monoisotopic (exact) mass is 322 g/mol. The summed E-state index contributed by atoms with van der Waals surface area (Å²) in [7, 11) is -7.34. The van der Waals surface area contributed by atoms with Crippen LogP contribution in [0.15, 0.2) is 24.3 Å². The highest BCUT2D eigenvalue weighted by Gasteiger charge is 2.21. The highest BCUT2D eigenvalue weighted by Crippen LogP contribution is 2.15. The Kier molecular flexibility index (Phi) is 5.31. The van der Waals surface area contributed by atoms with E-state index in [1.54, 1.807) is 18.2 Å². The van der Waals surface area contributed by atoms with Crippen molar-refractivity contribution in [1.29, 1.82) is 0 Å². The second kappa shape index (κ2) is 6.21. The lowest BCUT2D eigenvalue weighted by Crippen LogP contribution is -2.20. The molecule has 1 rings (SSSR count). The van der Waals surface area contributed by atoms with E-state index < -0.39 is 30.5 Å². The standard InChI is InChI=1S/C12H18O6S2/c1-9(13)19(15,16)7-11-4-3-5-12(6-11)8-20(17,18)10(2)14/h3-6,9-10,13-14H,7-8H2,1-2H3. The summed E-state index contributed by atoms with van der Waals surface area (Å²) in [4.78, 5) is 0. The summed E-state index contributed by atoms with van der Waals surface area (Å²) < 4.78 is 46.4. The highest BCUT2D eigenvalue weighted by molar-refractivity contribution is 7.91. The minimum atomic E-state index is -3.67. The molecule has 0 fully saturated rings. The Balaban J connectivity index is 2.99. The fourth-order valence-corrected chi connectivity index (χ4v) is 3.29. The Hall–Kier alpha value is -0.960. The van der Waals surface area contributed by atoms with Crippen molar-refractivity contribution in [2.75, 3.05) is 0 Å². The number of hydrogen-bond acceptors (Lipinski definition) is 6. The van der Waals surface area contributed by atoms with Gasteiger partial charge in [-0.1, -0.05) is 24.3 Å². The number of benzene rings is 1. The van der Waals surface area contributed by atoms with Crippen LogP contribution >= 0.6 is 0 Å². The van der Waals surface area contributed by atoms with E-state index in [0.29, 0.717) is 11.1 Å². The molecule has 0 bridgehead atoms. The lowest BCUT2D eigenvalue weighted by molar-refractivity contribution is 0.268. The Labute approximate surface area is 118 Å². The maximum Gasteiger partial charge on any atom is 0.180 e. The third kappa shape index (κ3) is 4.55. The van der Waals surface area contributed by atoms with Gasteiger partial charge in [-0.2, -0.15) is 0 Å². The zero-order chi connectivity index (χ0) is 15.6. The van der Waals surface area contributed by atoms with Gasteiger partial charge in [0.05, 0.1) is 11.5 Å². The first kappa shape index (κ1) is 17.1. The van der Waals surface area contributed by atoms with Gasteiger partial charge in [-0.3, -0.25) is 0 Å². The topological polar surface area (TPSA) is 109 Å². The second-order valence-corrected chi connectivity index (χ2v) is 9.23. The molecular weight excluding hydrogens is 304 g/mol. The summed E-state index contributed by atoms with van der Waals surface area (Å²) in [5, 5.41) is 18.3. The van der Waals surface area contributed by atoms with Gasteiger partial charge in [0.25, 0.3) is 0 Å². The van der Waals surface area contributed by atoms with Crippen molar-refractivity contribution in [3.63, 3.8) is 0 Å². The molecule has 1 aromatic rings. The average molecular weight is 322 g/mol. The van der Waals surface area contributed by atoms with Crippen LogP contribution in [0.4, 0.5) is 0 Å². The number of rotatable bonds is 6. The average Bonchev–Trinajstić information content (AvgIpc) is 2.27. The maximum absolute atomic E-state index is 11.6. The third-order valence-electron chi connectivity index (χ3n) is 2.77. The molecule has 0 saturated carbocycles. The number of aliphatic hydroxyl groups excluding tert-OH is 2. The third-order valence-corrected chi connectivity index (χ3v) is 6.32. The molecule has 0 aliphatic rings. The van der Waals surface area contributed by atoms with Crippen LogP contribution in [0.1, 0.15) is 25.0 Å². The summed E-state index contributed by atoms with van der Waals surface area (Å²) in [6.45, 7) is 2.33. The van der Waals surface area contributed by atoms with Gasteiger partial charge in [0.2, 0.25) is 0 Å². The predicted octanol–water partition coefficient (Wildman–Crippen LogP) is 0.193. The number of hydrogen-bond donors (Lipinski definition) is 2. The van der Waals surface area contributed by atoms with E-state index in [0.717, 1.165) is 13.8 Å². The Morgan fingerprint density at radius 3 is 1.55 bits per heavy atom. The zero-order valence-electron chi connectivity index (χ0n) is 11.2. The molecule has 0 aromatic heterocycles. The van der Waals surface area contributed by atoms with Gasteiger partial charge >= 0.3 is 0 Å². The quantitative estimate of drug-likeness (QED) is 0.774. The highest BCUT2D eigenvalue weighted by atomic mass is 32.2. The largest absolute Gasteiger partial charge is 0.377 e. The molecule has 1 aromatic carbocycles. The van der Waals surface area contributed by atoms with E-state index in [1.807, 2.05) is 0 Å². The first-order valence-electron chi connectivity index (χ1n) is 5.91. The second-order valence-electron chi connectivity index (χ2n) is 4.63. The summed E-state index contributed by atoms with van der Waals surface area (Å²) in [5.41, 5.74) is -2.17. The van der Waals surface area contributed by atoms with Crippen LogP contribution in [-0.4, -0.2) is 37.9 Å². The van der Waals surface area contributed by atoms with Gasteiger partial charge in [0.1, 0.15) is 0 Å². The summed E-state index contributed by atoms with van der Waals surface area (Å²) >= 11 is 0. The molecule has 0 saturated heterocycles. The molecule has 2 N–H and O–H groups in total. The maximum atomic E-state index is 11.6. The van der Waals surface area contributed by atoms with Gasteiger partial charge in [-0.25, -0.2) is 16.8 Å². The van der Waals surface area contributed by atoms with Crippen molar-refractivity contribution in [3.05, 3.63) is 35.4 Å². The molecule has 0 spiro atoms. The molecule has 6 nitrogen and oxygen atoms in total. The van der Waals surface area contributed by atoms with E-state index in [9.17, 15) is 16.8 Å². The van der Waals surface area contributed by atoms with E-state index in [1.165, 1.54) is 6.07 Å². The smallest absolute Gasteiger partial charge is 0.180 e. The molecule has 8 heteroatoms. The van der Waals surface area contributed by atoms with Gasteiger partial charge in [-0.05, 0) is 25.0 Å². The minimum Gasteiger partial charge on any atom is -0.377 e. The molecule has 0 aliphatic heterocycles. The predicted molar refractivity (Wildman–Crippen MR) is 75.1 cm³/mol. The Morgan fingerprint density at radius 1 is 0.900 bits per heavy atom. The lowest BCUT2D eigenvalue weighted by Gasteiger charge is -2.10. The Bertz CT molecular complexity index is 604. The van der Waals surface area contributed by atoms with Gasteiger partial charge in [0, 0.05) is 0 Å².